The summed E-state index contributed by atoms with van der Waals surface area (Å²) in [5.74, 6) is -10.3. The van der Waals surface area contributed by atoms with Crippen molar-refractivity contribution in [3.8, 4) is 0 Å². The van der Waals surface area contributed by atoms with E-state index in [1.165, 1.54) is 0 Å². The molecule has 0 amide bonds. The maximum absolute atomic E-state index is 13.1. The first-order valence-corrected chi connectivity index (χ1v) is 4.04. The molecule has 2 aromatic rings. The molecule has 0 saturated carbocycles. The Labute approximate surface area is 85.1 Å². The predicted octanol–water partition coefficient (Wildman–Crippen LogP) is 3.67. The van der Waals surface area contributed by atoms with Crippen LogP contribution < -0.4 is 0 Å². The van der Waals surface area contributed by atoms with Gasteiger partial charge in [0.25, 0.3) is 0 Å². The fourth-order valence-electron chi connectivity index (χ4n) is 1.38. The second-order valence-electron chi connectivity index (χ2n) is 3.06. The SMILES string of the molecule is Fc1cc2c(F)c(F)cc(F)c2c(F)c1F. The lowest BCUT2D eigenvalue weighted by Crippen LogP contribution is -1.98. The van der Waals surface area contributed by atoms with Crippen molar-refractivity contribution in [3.05, 3.63) is 47.0 Å². The van der Waals surface area contributed by atoms with Crippen molar-refractivity contribution in [2.24, 2.45) is 0 Å². The van der Waals surface area contributed by atoms with Gasteiger partial charge in [0.05, 0.1) is 5.39 Å². The summed E-state index contributed by atoms with van der Waals surface area (Å²) in [7, 11) is 0. The molecule has 0 aliphatic rings. The number of fused-ring (bicyclic) bond motifs is 1. The fourth-order valence-corrected chi connectivity index (χ4v) is 1.38. The van der Waals surface area contributed by atoms with Crippen LogP contribution in [0.4, 0.5) is 26.3 Å². The molecule has 0 heterocycles. The van der Waals surface area contributed by atoms with Crippen molar-refractivity contribution in [1.29, 1.82) is 0 Å². The Hall–Kier alpha value is -1.72. The molecular weight excluding hydrogens is 234 g/mol. The summed E-state index contributed by atoms with van der Waals surface area (Å²) in [6.45, 7) is 0. The highest BCUT2D eigenvalue weighted by Crippen LogP contribution is 2.28. The van der Waals surface area contributed by atoms with Gasteiger partial charge in [0.2, 0.25) is 0 Å². The molecule has 0 spiro atoms. The van der Waals surface area contributed by atoms with Crippen molar-refractivity contribution >= 4 is 10.8 Å². The molecule has 0 atom stereocenters. The zero-order valence-electron chi connectivity index (χ0n) is 7.42. The lowest BCUT2D eigenvalue weighted by molar-refractivity contribution is 0.448. The van der Waals surface area contributed by atoms with Crippen molar-refractivity contribution in [2.75, 3.05) is 0 Å². The average molecular weight is 236 g/mol. The maximum Gasteiger partial charge on any atom is 0.195 e. The third-order valence-electron chi connectivity index (χ3n) is 2.10. The molecule has 2 aromatic carbocycles. The predicted molar refractivity (Wildman–Crippen MR) is 43.7 cm³/mol. The van der Waals surface area contributed by atoms with Gasteiger partial charge in [0.15, 0.2) is 29.1 Å². The van der Waals surface area contributed by atoms with Crippen LogP contribution in [-0.4, -0.2) is 0 Å². The lowest BCUT2D eigenvalue weighted by Gasteiger charge is -2.05. The molecule has 0 unspecified atom stereocenters. The first-order valence-electron chi connectivity index (χ1n) is 4.04. The molecular formula is C10H2F6. The topological polar surface area (TPSA) is 0 Å². The highest BCUT2D eigenvalue weighted by molar-refractivity contribution is 5.84. The van der Waals surface area contributed by atoms with Gasteiger partial charge in [0.1, 0.15) is 5.82 Å². The third kappa shape index (κ3) is 1.33. The van der Waals surface area contributed by atoms with Crippen LogP contribution in [0.25, 0.3) is 10.8 Å². The van der Waals surface area contributed by atoms with Crippen LogP contribution in [0.1, 0.15) is 0 Å². The Morgan fingerprint density at radius 3 is 1.75 bits per heavy atom. The first-order chi connectivity index (χ1) is 7.43. The lowest BCUT2D eigenvalue weighted by atomic mass is 10.1. The molecule has 0 N–H and O–H groups in total. The van der Waals surface area contributed by atoms with Crippen LogP contribution >= 0.6 is 0 Å². The van der Waals surface area contributed by atoms with E-state index in [4.69, 9.17) is 0 Å². The monoisotopic (exact) mass is 236 g/mol. The molecule has 0 aliphatic carbocycles. The van der Waals surface area contributed by atoms with Gasteiger partial charge >= 0.3 is 0 Å². The van der Waals surface area contributed by atoms with Gasteiger partial charge < -0.3 is 0 Å². The molecule has 0 nitrogen and oxygen atoms in total. The second kappa shape index (κ2) is 3.40. The van der Waals surface area contributed by atoms with Crippen LogP contribution in [0.5, 0.6) is 0 Å². The van der Waals surface area contributed by atoms with Gasteiger partial charge in [0, 0.05) is 11.5 Å². The van der Waals surface area contributed by atoms with E-state index in [-0.39, 0.29) is 12.1 Å². The van der Waals surface area contributed by atoms with E-state index in [1.807, 2.05) is 0 Å². The Bertz CT molecular complexity index is 590. The molecule has 0 radical (unpaired) electrons. The van der Waals surface area contributed by atoms with Crippen LogP contribution in [0, 0.1) is 34.9 Å². The molecule has 0 aliphatic heterocycles. The Morgan fingerprint density at radius 1 is 0.562 bits per heavy atom. The van der Waals surface area contributed by atoms with Crippen LogP contribution in [0.3, 0.4) is 0 Å². The molecule has 6 heteroatoms. The number of hydrogen-bond acceptors (Lipinski definition) is 0. The Balaban J connectivity index is 3.07. The molecule has 0 aromatic heterocycles. The van der Waals surface area contributed by atoms with Crippen molar-refractivity contribution < 1.29 is 26.3 Å². The Morgan fingerprint density at radius 2 is 1.12 bits per heavy atom. The number of hydrogen-bond donors (Lipinski definition) is 0. The van der Waals surface area contributed by atoms with E-state index in [9.17, 15) is 26.3 Å². The maximum atomic E-state index is 13.1. The van der Waals surface area contributed by atoms with E-state index in [0.717, 1.165) is 0 Å². The van der Waals surface area contributed by atoms with E-state index >= 15 is 0 Å². The number of rotatable bonds is 0. The molecule has 16 heavy (non-hydrogen) atoms. The molecule has 0 bridgehead atoms. The molecule has 84 valence electrons. The largest absolute Gasteiger partial charge is 0.206 e. The quantitative estimate of drug-likeness (QED) is 0.372. The summed E-state index contributed by atoms with van der Waals surface area (Å²) in [4.78, 5) is 0. The van der Waals surface area contributed by atoms with Crippen LogP contribution in [-0.2, 0) is 0 Å². The van der Waals surface area contributed by atoms with Gasteiger partial charge in [-0.2, -0.15) is 0 Å². The summed E-state index contributed by atoms with van der Waals surface area (Å²) in [5, 5.41) is -2.09. The summed E-state index contributed by atoms with van der Waals surface area (Å²) in [5.41, 5.74) is 0. The standard InChI is InChI=1S/C10H2F6/c11-4-2-6(13)8(14)3-1-5(12)9(15)10(16)7(3)4/h1-2H. The minimum absolute atomic E-state index is 0.0676. The van der Waals surface area contributed by atoms with Crippen molar-refractivity contribution in [1.82, 2.24) is 0 Å². The van der Waals surface area contributed by atoms with Gasteiger partial charge in [-0.15, -0.1) is 0 Å². The van der Waals surface area contributed by atoms with E-state index in [2.05, 4.69) is 0 Å². The molecule has 0 saturated heterocycles. The second-order valence-corrected chi connectivity index (χ2v) is 3.06. The zero-order chi connectivity index (χ0) is 12.0. The summed E-state index contributed by atoms with van der Waals surface area (Å²) >= 11 is 0. The van der Waals surface area contributed by atoms with E-state index < -0.39 is 45.7 Å². The third-order valence-corrected chi connectivity index (χ3v) is 2.10. The van der Waals surface area contributed by atoms with E-state index in [1.54, 1.807) is 0 Å². The van der Waals surface area contributed by atoms with Gasteiger partial charge in [-0.3, -0.25) is 0 Å². The minimum atomic E-state index is -1.93. The van der Waals surface area contributed by atoms with Crippen molar-refractivity contribution in [2.45, 2.75) is 0 Å². The van der Waals surface area contributed by atoms with Crippen molar-refractivity contribution in [3.63, 3.8) is 0 Å². The highest BCUT2D eigenvalue weighted by atomic mass is 19.2. The Kier molecular flexibility index (Phi) is 2.29. The molecule has 0 fully saturated rings. The zero-order valence-corrected chi connectivity index (χ0v) is 7.42. The smallest absolute Gasteiger partial charge is 0.195 e. The minimum Gasteiger partial charge on any atom is -0.206 e. The van der Waals surface area contributed by atoms with Gasteiger partial charge in [-0.05, 0) is 6.07 Å². The molecule has 2 rings (SSSR count). The average Bonchev–Trinajstić information content (AvgIpc) is 2.22. The highest BCUT2D eigenvalue weighted by Gasteiger charge is 2.21. The summed E-state index contributed by atoms with van der Waals surface area (Å²) in [6, 6.07) is 0.271. The van der Waals surface area contributed by atoms with E-state index in [0.29, 0.717) is 0 Å². The van der Waals surface area contributed by atoms with Gasteiger partial charge in [-0.25, -0.2) is 26.3 Å². The fraction of sp³-hybridized carbons (Fsp3) is 0. The van der Waals surface area contributed by atoms with Crippen LogP contribution in [0.2, 0.25) is 0 Å². The summed E-state index contributed by atoms with van der Waals surface area (Å²) < 4.78 is 77.4. The number of benzene rings is 2. The summed E-state index contributed by atoms with van der Waals surface area (Å²) in [6.07, 6.45) is 0. The van der Waals surface area contributed by atoms with Crippen LogP contribution in [0.15, 0.2) is 12.1 Å². The van der Waals surface area contributed by atoms with Gasteiger partial charge in [-0.1, -0.05) is 0 Å². The normalized spacial score (nSPS) is 11.1. The number of halogens is 6. The first kappa shape index (κ1) is 10.8.